The Morgan fingerprint density at radius 2 is 2.33 bits per heavy atom. The van der Waals surface area contributed by atoms with E-state index in [-0.39, 0.29) is 0 Å². The van der Waals surface area contributed by atoms with E-state index in [0.717, 1.165) is 22.3 Å². The van der Waals surface area contributed by atoms with E-state index in [1.165, 1.54) is 0 Å². The van der Waals surface area contributed by atoms with Crippen LogP contribution in [-0.4, -0.2) is 9.97 Å². The summed E-state index contributed by atoms with van der Waals surface area (Å²) in [4.78, 5) is 7.46. The molecule has 0 spiro atoms. The summed E-state index contributed by atoms with van der Waals surface area (Å²) in [5.41, 5.74) is 9.74. The van der Waals surface area contributed by atoms with Gasteiger partial charge in [0.1, 0.15) is 0 Å². The Labute approximate surface area is 70.6 Å². The van der Waals surface area contributed by atoms with Crippen molar-refractivity contribution in [2.45, 2.75) is 13.5 Å². The number of pyridine rings is 1. The van der Waals surface area contributed by atoms with Crippen molar-refractivity contribution in [3.8, 4) is 0 Å². The van der Waals surface area contributed by atoms with E-state index < -0.39 is 0 Å². The number of hydrogen-bond donors (Lipinski definition) is 2. The largest absolute Gasteiger partial charge is 0.356 e. The summed E-state index contributed by atoms with van der Waals surface area (Å²) in [6.07, 6.45) is 1.86. The molecular weight excluding hydrogens is 150 g/mol. The van der Waals surface area contributed by atoms with Gasteiger partial charge in [-0.05, 0) is 24.6 Å². The molecule has 0 fully saturated rings. The number of H-pyrrole nitrogens is 1. The molecule has 3 N–H and O–H groups in total. The summed E-state index contributed by atoms with van der Waals surface area (Å²) in [6, 6.07) is 4.05. The van der Waals surface area contributed by atoms with Crippen LogP contribution in [0.2, 0.25) is 0 Å². The smallest absolute Gasteiger partial charge is 0.0882 e. The van der Waals surface area contributed by atoms with Crippen LogP contribution in [0, 0.1) is 6.92 Å². The Bertz CT molecular complexity index is 403. The van der Waals surface area contributed by atoms with Crippen LogP contribution in [0.15, 0.2) is 18.3 Å². The van der Waals surface area contributed by atoms with E-state index in [1.807, 2.05) is 19.2 Å². The van der Waals surface area contributed by atoms with Crippen LogP contribution in [0.1, 0.15) is 11.3 Å². The molecule has 0 aromatic carbocycles. The minimum Gasteiger partial charge on any atom is -0.356 e. The van der Waals surface area contributed by atoms with Crippen LogP contribution in [0.5, 0.6) is 0 Å². The molecule has 0 aliphatic rings. The topological polar surface area (TPSA) is 54.7 Å². The fourth-order valence-corrected chi connectivity index (χ4v) is 1.28. The molecule has 0 aliphatic heterocycles. The van der Waals surface area contributed by atoms with Gasteiger partial charge in [-0.15, -0.1) is 0 Å². The van der Waals surface area contributed by atoms with Crippen molar-refractivity contribution in [1.29, 1.82) is 0 Å². The van der Waals surface area contributed by atoms with Gasteiger partial charge in [0, 0.05) is 18.4 Å². The molecule has 62 valence electrons. The normalized spacial score (nSPS) is 10.8. The molecule has 12 heavy (non-hydrogen) atoms. The third kappa shape index (κ3) is 1.08. The Morgan fingerprint density at radius 3 is 3.08 bits per heavy atom. The number of aromatic amines is 1. The minimum atomic E-state index is 0.537. The van der Waals surface area contributed by atoms with Gasteiger partial charge in [-0.25, -0.2) is 0 Å². The van der Waals surface area contributed by atoms with Crippen LogP contribution in [0.4, 0.5) is 0 Å². The van der Waals surface area contributed by atoms with Crippen LogP contribution in [-0.2, 0) is 6.54 Å². The monoisotopic (exact) mass is 161 g/mol. The molecule has 0 saturated heterocycles. The second-order valence-electron chi connectivity index (χ2n) is 2.94. The third-order valence-corrected chi connectivity index (χ3v) is 1.88. The Morgan fingerprint density at radius 1 is 1.50 bits per heavy atom. The summed E-state index contributed by atoms with van der Waals surface area (Å²) in [5.74, 6) is 0. The van der Waals surface area contributed by atoms with Gasteiger partial charge in [0.15, 0.2) is 0 Å². The SMILES string of the molecule is Cc1cnc2cc(CN)[nH]c2c1. The maximum atomic E-state index is 5.49. The molecular formula is C9H11N3. The van der Waals surface area contributed by atoms with Gasteiger partial charge in [-0.3, -0.25) is 4.98 Å². The molecule has 0 saturated carbocycles. The third-order valence-electron chi connectivity index (χ3n) is 1.88. The van der Waals surface area contributed by atoms with E-state index in [9.17, 15) is 0 Å². The van der Waals surface area contributed by atoms with E-state index in [4.69, 9.17) is 5.73 Å². The number of nitrogens with zero attached hydrogens (tertiary/aromatic N) is 1. The van der Waals surface area contributed by atoms with Crippen LogP contribution < -0.4 is 5.73 Å². The first-order valence-corrected chi connectivity index (χ1v) is 3.94. The van der Waals surface area contributed by atoms with Crippen molar-refractivity contribution >= 4 is 11.0 Å². The number of hydrogen-bond acceptors (Lipinski definition) is 2. The van der Waals surface area contributed by atoms with Crippen LogP contribution >= 0.6 is 0 Å². The minimum absolute atomic E-state index is 0.537. The van der Waals surface area contributed by atoms with Gasteiger partial charge in [0.25, 0.3) is 0 Å². The van der Waals surface area contributed by atoms with E-state index in [1.54, 1.807) is 0 Å². The lowest BCUT2D eigenvalue weighted by Crippen LogP contribution is -1.94. The standard InChI is InChI=1S/C9H11N3/c1-6-2-9-8(11-5-6)3-7(4-10)12-9/h2-3,5,12H,4,10H2,1H3. The number of aryl methyl sites for hydroxylation is 1. The van der Waals surface area contributed by atoms with E-state index >= 15 is 0 Å². The highest BCUT2D eigenvalue weighted by Gasteiger charge is 1.99. The fraction of sp³-hybridized carbons (Fsp3) is 0.222. The molecule has 0 unspecified atom stereocenters. The molecule has 0 radical (unpaired) electrons. The summed E-state index contributed by atoms with van der Waals surface area (Å²) >= 11 is 0. The zero-order valence-electron chi connectivity index (χ0n) is 6.96. The van der Waals surface area contributed by atoms with Crippen molar-refractivity contribution < 1.29 is 0 Å². The maximum absolute atomic E-state index is 5.49. The summed E-state index contributed by atoms with van der Waals surface area (Å²) < 4.78 is 0. The van der Waals surface area contributed by atoms with Gasteiger partial charge < -0.3 is 10.7 Å². The van der Waals surface area contributed by atoms with Crippen molar-refractivity contribution in [1.82, 2.24) is 9.97 Å². The zero-order valence-corrected chi connectivity index (χ0v) is 6.96. The molecule has 0 bridgehead atoms. The Kier molecular flexibility index (Phi) is 1.59. The molecule has 2 aromatic heterocycles. The predicted molar refractivity (Wildman–Crippen MR) is 48.7 cm³/mol. The molecule has 2 heterocycles. The quantitative estimate of drug-likeness (QED) is 0.663. The Balaban J connectivity index is 2.67. The number of nitrogens with two attached hydrogens (primary N) is 1. The number of fused-ring (bicyclic) bond motifs is 1. The molecule has 3 heteroatoms. The number of aromatic nitrogens is 2. The second-order valence-corrected chi connectivity index (χ2v) is 2.94. The first-order chi connectivity index (χ1) is 5.79. The zero-order chi connectivity index (χ0) is 8.55. The van der Waals surface area contributed by atoms with Crippen molar-refractivity contribution in [3.63, 3.8) is 0 Å². The predicted octanol–water partition coefficient (Wildman–Crippen LogP) is 1.33. The first-order valence-electron chi connectivity index (χ1n) is 3.94. The summed E-state index contributed by atoms with van der Waals surface area (Å²) in [7, 11) is 0. The Hall–Kier alpha value is -1.35. The van der Waals surface area contributed by atoms with Crippen LogP contribution in [0.3, 0.4) is 0 Å². The highest BCUT2D eigenvalue weighted by Crippen LogP contribution is 2.13. The molecule has 2 aromatic rings. The second kappa shape index (κ2) is 2.60. The molecule has 3 nitrogen and oxygen atoms in total. The van der Waals surface area contributed by atoms with E-state index in [2.05, 4.69) is 16.0 Å². The van der Waals surface area contributed by atoms with Crippen molar-refractivity contribution in [2.24, 2.45) is 5.73 Å². The average Bonchev–Trinajstić information content (AvgIpc) is 2.46. The molecule has 0 aliphatic carbocycles. The fourth-order valence-electron chi connectivity index (χ4n) is 1.28. The lowest BCUT2D eigenvalue weighted by atomic mass is 10.3. The highest BCUT2D eigenvalue weighted by molar-refractivity contribution is 5.76. The van der Waals surface area contributed by atoms with Gasteiger partial charge in [0.2, 0.25) is 0 Å². The maximum Gasteiger partial charge on any atom is 0.0882 e. The lowest BCUT2D eigenvalue weighted by molar-refractivity contribution is 1.02. The van der Waals surface area contributed by atoms with Crippen molar-refractivity contribution in [2.75, 3.05) is 0 Å². The van der Waals surface area contributed by atoms with Gasteiger partial charge in [-0.1, -0.05) is 0 Å². The summed E-state index contributed by atoms with van der Waals surface area (Å²) in [5, 5.41) is 0. The van der Waals surface area contributed by atoms with E-state index in [0.29, 0.717) is 6.54 Å². The van der Waals surface area contributed by atoms with Gasteiger partial charge in [-0.2, -0.15) is 0 Å². The lowest BCUT2D eigenvalue weighted by Gasteiger charge is -1.90. The summed E-state index contributed by atoms with van der Waals surface area (Å²) in [6.45, 7) is 2.56. The van der Waals surface area contributed by atoms with Crippen LogP contribution in [0.25, 0.3) is 11.0 Å². The number of rotatable bonds is 1. The highest BCUT2D eigenvalue weighted by atomic mass is 14.8. The van der Waals surface area contributed by atoms with Gasteiger partial charge >= 0.3 is 0 Å². The molecule has 0 amide bonds. The molecule has 0 atom stereocenters. The van der Waals surface area contributed by atoms with Gasteiger partial charge in [0.05, 0.1) is 11.0 Å². The number of nitrogens with one attached hydrogen (secondary N) is 1. The first kappa shape index (κ1) is 7.31. The molecule has 2 rings (SSSR count). The average molecular weight is 161 g/mol. The van der Waals surface area contributed by atoms with Crippen molar-refractivity contribution in [3.05, 3.63) is 29.6 Å².